The number of halogens is 4. The van der Waals surface area contributed by atoms with E-state index in [1.54, 1.807) is 36.4 Å². The van der Waals surface area contributed by atoms with Gasteiger partial charge in [-0.15, -0.1) is 0 Å². The van der Waals surface area contributed by atoms with Crippen molar-refractivity contribution in [1.82, 2.24) is 5.32 Å². The predicted molar refractivity (Wildman–Crippen MR) is 121 cm³/mol. The number of hydrogen-bond donors (Lipinski definition) is 2. The van der Waals surface area contributed by atoms with Gasteiger partial charge in [0.1, 0.15) is 5.75 Å². The number of benzene rings is 2. The Hall–Kier alpha value is -1.86. The van der Waals surface area contributed by atoms with E-state index in [4.69, 9.17) is 55.9 Å². The van der Waals surface area contributed by atoms with Gasteiger partial charge < -0.3 is 14.8 Å². The van der Waals surface area contributed by atoms with Crippen molar-refractivity contribution in [3.05, 3.63) is 56.5 Å². The summed E-state index contributed by atoms with van der Waals surface area (Å²) in [4.78, 5) is 24.2. The van der Waals surface area contributed by atoms with Crippen LogP contribution in [0.3, 0.4) is 0 Å². The van der Waals surface area contributed by atoms with Crippen LogP contribution in [0.1, 0.15) is 19.3 Å². The summed E-state index contributed by atoms with van der Waals surface area (Å²) in [6.45, 7) is 0.173. The number of nitrogens with one attached hydrogen (secondary N) is 2. The monoisotopic (exact) mass is 502 g/mol. The molecule has 2 bridgehead atoms. The second-order valence-electron chi connectivity index (χ2n) is 8.05. The Balaban J connectivity index is 1.17. The van der Waals surface area contributed by atoms with E-state index in [0.29, 0.717) is 31.5 Å². The van der Waals surface area contributed by atoms with Gasteiger partial charge in [0, 0.05) is 22.7 Å². The van der Waals surface area contributed by atoms with Crippen LogP contribution in [-0.2, 0) is 9.53 Å². The number of carbonyl (C=O) groups is 2. The number of amides is 2. The van der Waals surface area contributed by atoms with Crippen LogP contribution in [0.15, 0.2) is 36.4 Å². The average molecular weight is 504 g/mol. The first-order chi connectivity index (χ1) is 14.7. The SMILES string of the molecule is O=C(COc1ccc(Cl)c(Cl)c1)NC12CC(COC(=O)Nc3ccc(Cl)c(Cl)c3)(C1)C2. The standard InChI is InChI=1S/C21H18Cl4N2O4/c22-14-3-1-12(5-16(14)24)26-19(29)31-11-20-8-21(9-20,10-20)27-18(28)7-30-13-2-4-15(23)17(25)6-13/h1-6H,7-11H2,(H,26,29)(H,27,28). The molecular formula is C21H18Cl4N2O4. The molecule has 0 atom stereocenters. The molecule has 0 saturated heterocycles. The Kier molecular flexibility index (Phi) is 6.19. The van der Waals surface area contributed by atoms with Gasteiger partial charge in [-0.25, -0.2) is 4.79 Å². The van der Waals surface area contributed by atoms with Crippen LogP contribution >= 0.6 is 46.4 Å². The van der Waals surface area contributed by atoms with E-state index in [0.717, 1.165) is 19.3 Å². The van der Waals surface area contributed by atoms with Gasteiger partial charge in [-0.05, 0) is 49.6 Å². The van der Waals surface area contributed by atoms with Gasteiger partial charge >= 0.3 is 6.09 Å². The smallest absolute Gasteiger partial charge is 0.411 e. The van der Waals surface area contributed by atoms with E-state index >= 15 is 0 Å². The van der Waals surface area contributed by atoms with Crippen LogP contribution in [0.4, 0.5) is 10.5 Å². The van der Waals surface area contributed by atoms with Gasteiger partial charge in [-0.2, -0.15) is 0 Å². The lowest BCUT2D eigenvalue weighted by Crippen LogP contribution is -2.76. The molecule has 31 heavy (non-hydrogen) atoms. The summed E-state index contributed by atoms with van der Waals surface area (Å²) < 4.78 is 10.8. The highest BCUT2D eigenvalue weighted by molar-refractivity contribution is 6.42. The Labute approximate surface area is 199 Å². The zero-order valence-electron chi connectivity index (χ0n) is 16.1. The molecule has 2 aromatic rings. The minimum absolute atomic E-state index is 0.0766. The maximum atomic E-state index is 12.2. The normalized spacial score (nSPS) is 23.2. The molecule has 2 amide bonds. The van der Waals surface area contributed by atoms with Crippen molar-refractivity contribution in [2.24, 2.45) is 5.41 Å². The van der Waals surface area contributed by atoms with E-state index < -0.39 is 6.09 Å². The fourth-order valence-corrected chi connectivity index (χ4v) is 4.86. The van der Waals surface area contributed by atoms with Crippen LogP contribution < -0.4 is 15.4 Å². The predicted octanol–water partition coefficient (Wildman–Crippen LogP) is 5.97. The molecular weight excluding hydrogens is 486 g/mol. The molecule has 10 heteroatoms. The summed E-state index contributed by atoms with van der Waals surface area (Å²) in [6, 6.07) is 9.61. The van der Waals surface area contributed by atoms with Crippen LogP contribution in [0, 0.1) is 5.41 Å². The minimum Gasteiger partial charge on any atom is -0.484 e. The molecule has 0 aliphatic heterocycles. The number of hydrogen-bond acceptors (Lipinski definition) is 4. The largest absolute Gasteiger partial charge is 0.484 e. The zero-order valence-corrected chi connectivity index (χ0v) is 19.2. The van der Waals surface area contributed by atoms with Gasteiger partial charge in [0.25, 0.3) is 5.91 Å². The Morgan fingerprint density at radius 1 is 0.903 bits per heavy atom. The molecule has 0 heterocycles. The molecule has 2 N–H and O–H groups in total. The third-order valence-corrected chi connectivity index (χ3v) is 6.96. The lowest BCUT2D eigenvalue weighted by Gasteiger charge is -2.70. The highest BCUT2D eigenvalue weighted by Crippen LogP contribution is 2.67. The van der Waals surface area contributed by atoms with E-state index in [9.17, 15) is 9.59 Å². The van der Waals surface area contributed by atoms with Crippen LogP contribution in [0.2, 0.25) is 20.1 Å². The van der Waals surface area contributed by atoms with Gasteiger partial charge in [-0.1, -0.05) is 46.4 Å². The van der Waals surface area contributed by atoms with Crippen molar-refractivity contribution in [2.45, 2.75) is 24.8 Å². The Bertz CT molecular complexity index is 1030. The van der Waals surface area contributed by atoms with Crippen molar-refractivity contribution >= 4 is 64.1 Å². The fourth-order valence-electron chi connectivity index (χ4n) is 4.28. The molecule has 0 radical (unpaired) electrons. The maximum absolute atomic E-state index is 12.2. The van der Waals surface area contributed by atoms with Crippen molar-refractivity contribution in [3.8, 4) is 5.75 Å². The highest BCUT2D eigenvalue weighted by atomic mass is 35.5. The molecule has 3 aliphatic rings. The van der Waals surface area contributed by atoms with Crippen molar-refractivity contribution < 1.29 is 19.1 Å². The Morgan fingerprint density at radius 3 is 2.19 bits per heavy atom. The molecule has 0 spiro atoms. The summed E-state index contributed by atoms with van der Waals surface area (Å²) in [6.07, 6.45) is 1.73. The first-order valence-corrected chi connectivity index (χ1v) is 11.0. The lowest BCUT2D eigenvalue weighted by molar-refractivity contribution is -0.183. The lowest BCUT2D eigenvalue weighted by atomic mass is 9.39. The molecule has 2 aromatic carbocycles. The third-order valence-electron chi connectivity index (χ3n) is 5.48. The van der Waals surface area contributed by atoms with Crippen molar-refractivity contribution in [3.63, 3.8) is 0 Å². The quantitative estimate of drug-likeness (QED) is 0.488. The van der Waals surface area contributed by atoms with Crippen LogP contribution in [-0.4, -0.2) is 30.8 Å². The zero-order chi connectivity index (χ0) is 22.2. The molecule has 5 rings (SSSR count). The summed E-state index contributed by atoms with van der Waals surface area (Å²) in [5.41, 5.74) is 0.191. The number of rotatable bonds is 7. The highest BCUT2D eigenvalue weighted by Gasteiger charge is 2.69. The molecule has 3 fully saturated rings. The van der Waals surface area contributed by atoms with Crippen molar-refractivity contribution in [1.29, 1.82) is 0 Å². The molecule has 164 valence electrons. The fraction of sp³-hybridized carbons (Fsp3) is 0.333. The Morgan fingerprint density at radius 2 is 1.55 bits per heavy atom. The summed E-state index contributed by atoms with van der Waals surface area (Å²) in [5.74, 6) is 0.262. The second kappa shape index (κ2) is 8.58. The van der Waals surface area contributed by atoms with Gasteiger partial charge in [0.2, 0.25) is 0 Å². The number of ether oxygens (including phenoxy) is 2. The topological polar surface area (TPSA) is 76.7 Å². The molecule has 0 unspecified atom stereocenters. The first kappa shape index (κ1) is 22.3. The maximum Gasteiger partial charge on any atom is 0.411 e. The number of anilines is 1. The van der Waals surface area contributed by atoms with E-state index in [-0.39, 0.29) is 30.1 Å². The van der Waals surface area contributed by atoms with Gasteiger partial charge in [-0.3, -0.25) is 10.1 Å². The van der Waals surface area contributed by atoms with Crippen LogP contribution in [0.5, 0.6) is 5.75 Å². The van der Waals surface area contributed by atoms with Gasteiger partial charge in [0.15, 0.2) is 6.61 Å². The van der Waals surface area contributed by atoms with E-state index in [1.165, 1.54) is 0 Å². The summed E-state index contributed by atoms with van der Waals surface area (Å²) in [5, 5.41) is 7.17. The van der Waals surface area contributed by atoms with Crippen molar-refractivity contribution in [2.75, 3.05) is 18.5 Å². The van der Waals surface area contributed by atoms with E-state index in [1.807, 2.05) is 0 Å². The average Bonchev–Trinajstić information content (AvgIpc) is 2.66. The first-order valence-electron chi connectivity index (χ1n) is 9.45. The van der Waals surface area contributed by atoms with Gasteiger partial charge in [0.05, 0.1) is 26.7 Å². The summed E-state index contributed by atoms with van der Waals surface area (Å²) >= 11 is 23.6. The molecule has 3 aliphatic carbocycles. The number of carbonyl (C=O) groups excluding carboxylic acids is 2. The van der Waals surface area contributed by atoms with Crippen LogP contribution in [0.25, 0.3) is 0 Å². The molecule has 3 saturated carbocycles. The summed E-state index contributed by atoms with van der Waals surface area (Å²) in [7, 11) is 0. The van der Waals surface area contributed by atoms with E-state index in [2.05, 4.69) is 10.6 Å². The third kappa shape index (κ3) is 4.98. The minimum atomic E-state index is -0.559. The molecule has 6 nitrogen and oxygen atoms in total. The second-order valence-corrected chi connectivity index (χ2v) is 9.68. The molecule has 0 aromatic heterocycles.